The first-order valence-corrected chi connectivity index (χ1v) is 6.16. The van der Waals surface area contributed by atoms with E-state index >= 15 is 0 Å². The first kappa shape index (κ1) is 12.0. The first-order valence-electron chi connectivity index (χ1n) is 6.16. The van der Waals surface area contributed by atoms with Crippen molar-refractivity contribution < 1.29 is 4.79 Å². The summed E-state index contributed by atoms with van der Waals surface area (Å²) in [5, 5.41) is 3.00. The van der Waals surface area contributed by atoms with E-state index in [-0.39, 0.29) is 18.0 Å². The van der Waals surface area contributed by atoms with Gasteiger partial charge in [-0.3, -0.25) is 9.78 Å². The topological polar surface area (TPSA) is 68.0 Å². The van der Waals surface area contributed by atoms with Crippen LogP contribution >= 0.6 is 0 Å². The van der Waals surface area contributed by atoms with Gasteiger partial charge in [0.1, 0.15) is 5.69 Å². The summed E-state index contributed by atoms with van der Waals surface area (Å²) < 4.78 is 0. The molecule has 4 heteroatoms. The van der Waals surface area contributed by atoms with Crippen LogP contribution in [0.1, 0.15) is 41.7 Å². The molecule has 0 spiro atoms. The average molecular weight is 233 g/mol. The summed E-state index contributed by atoms with van der Waals surface area (Å²) >= 11 is 0. The van der Waals surface area contributed by atoms with Crippen molar-refractivity contribution in [1.82, 2.24) is 10.3 Å². The van der Waals surface area contributed by atoms with Gasteiger partial charge in [-0.1, -0.05) is 18.9 Å². The molecule has 1 aromatic heterocycles. The maximum Gasteiger partial charge on any atom is 0.270 e. The lowest BCUT2D eigenvalue weighted by atomic mass is 9.91. The summed E-state index contributed by atoms with van der Waals surface area (Å²) in [6, 6.07) is 3.90. The second-order valence-electron chi connectivity index (χ2n) is 4.70. The molecular formula is C13H19N3O. The van der Waals surface area contributed by atoms with Crippen LogP contribution in [0.2, 0.25) is 0 Å². The number of amides is 1. The third-order valence-electron chi connectivity index (χ3n) is 3.36. The van der Waals surface area contributed by atoms with E-state index in [2.05, 4.69) is 10.3 Å². The maximum absolute atomic E-state index is 12.1. The van der Waals surface area contributed by atoms with Crippen LogP contribution in [0.25, 0.3) is 0 Å². The highest BCUT2D eigenvalue weighted by Gasteiger charge is 2.24. The van der Waals surface area contributed by atoms with Gasteiger partial charge < -0.3 is 11.1 Å². The van der Waals surface area contributed by atoms with Gasteiger partial charge in [0.05, 0.1) is 0 Å². The lowest BCUT2D eigenvalue weighted by molar-refractivity contribution is 0.0915. The smallest absolute Gasteiger partial charge is 0.270 e. The molecule has 1 aliphatic carbocycles. The predicted octanol–water partition coefficient (Wildman–Crippen LogP) is 1.39. The van der Waals surface area contributed by atoms with Gasteiger partial charge in [0.2, 0.25) is 0 Å². The van der Waals surface area contributed by atoms with Gasteiger partial charge in [0.25, 0.3) is 5.91 Å². The lowest BCUT2D eigenvalue weighted by Gasteiger charge is -2.29. The molecule has 17 heavy (non-hydrogen) atoms. The normalized spacial score (nSPS) is 24.4. The van der Waals surface area contributed by atoms with Gasteiger partial charge in [0.15, 0.2) is 0 Å². The van der Waals surface area contributed by atoms with E-state index in [1.807, 2.05) is 19.1 Å². The van der Waals surface area contributed by atoms with E-state index in [9.17, 15) is 4.79 Å². The van der Waals surface area contributed by atoms with Crippen LogP contribution in [0.15, 0.2) is 18.3 Å². The zero-order valence-corrected chi connectivity index (χ0v) is 10.1. The minimum Gasteiger partial charge on any atom is -0.346 e. The number of carbonyl (C=O) groups is 1. The molecule has 92 valence electrons. The molecule has 0 bridgehead atoms. The summed E-state index contributed by atoms with van der Waals surface area (Å²) in [6.45, 7) is 1.89. The molecular weight excluding hydrogens is 214 g/mol. The molecule has 1 aromatic rings. The van der Waals surface area contributed by atoms with Crippen molar-refractivity contribution in [2.45, 2.75) is 44.7 Å². The molecule has 0 aromatic carbocycles. The Labute approximate surface area is 102 Å². The van der Waals surface area contributed by atoms with Crippen LogP contribution in [-0.2, 0) is 0 Å². The third kappa shape index (κ3) is 2.82. The molecule has 0 saturated heterocycles. The van der Waals surface area contributed by atoms with Gasteiger partial charge >= 0.3 is 0 Å². The van der Waals surface area contributed by atoms with E-state index < -0.39 is 0 Å². The fraction of sp³-hybridized carbons (Fsp3) is 0.538. The van der Waals surface area contributed by atoms with E-state index in [4.69, 9.17) is 5.73 Å². The standard InChI is InChI=1S/C13H19N3O/c1-9-5-4-8-15-12(9)13(17)16-11-7-3-2-6-10(11)14/h4-5,8,10-11H,2-3,6-7,14H2,1H3,(H,16,17)/t10-,11-/m1/s1. The molecule has 2 rings (SSSR count). The molecule has 3 N–H and O–H groups in total. The van der Waals surface area contributed by atoms with E-state index in [1.54, 1.807) is 6.20 Å². The number of aromatic nitrogens is 1. The molecule has 1 saturated carbocycles. The Balaban J connectivity index is 2.04. The lowest BCUT2D eigenvalue weighted by Crippen LogP contribution is -2.49. The van der Waals surface area contributed by atoms with Crippen molar-refractivity contribution in [1.29, 1.82) is 0 Å². The fourth-order valence-electron chi connectivity index (χ4n) is 2.30. The highest BCUT2D eigenvalue weighted by Crippen LogP contribution is 2.17. The zero-order valence-electron chi connectivity index (χ0n) is 10.1. The van der Waals surface area contributed by atoms with Gasteiger partial charge in [-0.25, -0.2) is 0 Å². The summed E-state index contributed by atoms with van der Waals surface area (Å²) in [7, 11) is 0. The largest absolute Gasteiger partial charge is 0.346 e. The number of aryl methyl sites for hydroxylation is 1. The number of rotatable bonds is 2. The Kier molecular flexibility index (Phi) is 3.74. The van der Waals surface area contributed by atoms with Crippen LogP contribution in [0.4, 0.5) is 0 Å². The average Bonchev–Trinajstić information content (AvgIpc) is 2.32. The highest BCUT2D eigenvalue weighted by atomic mass is 16.1. The molecule has 0 radical (unpaired) electrons. The predicted molar refractivity (Wildman–Crippen MR) is 66.7 cm³/mol. The van der Waals surface area contributed by atoms with Crippen LogP contribution in [0, 0.1) is 6.92 Å². The monoisotopic (exact) mass is 233 g/mol. The van der Waals surface area contributed by atoms with Crippen LogP contribution in [-0.4, -0.2) is 23.0 Å². The first-order chi connectivity index (χ1) is 8.18. The molecule has 1 amide bonds. The van der Waals surface area contributed by atoms with Crippen molar-refractivity contribution >= 4 is 5.91 Å². The number of hydrogen-bond donors (Lipinski definition) is 2. The molecule has 4 nitrogen and oxygen atoms in total. The number of nitrogens with one attached hydrogen (secondary N) is 1. The van der Waals surface area contributed by atoms with Crippen LogP contribution in [0.5, 0.6) is 0 Å². The van der Waals surface area contributed by atoms with E-state index in [0.29, 0.717) is 5.69 Å². The minimum atomic E-state index is -0.106. The van der Waals surface area contributed by atoms with Crippen LogP contribution in [0.3, 0.4) is 0 Å². The van der Waals surface area contributed by atoms with E-state index in [0.717, 1.165) is 31.2 Å². The molecule has 0 unspecified atom stereocenters. The van der Waals surface area contributed by atoms with Crippen molar-refractivity contribution in [3.8, 4) is 0 Å². The summed E-state index contributed by atoms with van der Waals surface area (Å²) in [6.07, 6.45) is 5.91. The van der Waals surface area contributed by atoms with E-state index in [1.165, 1.54) is 0 Å². The van der Waals surface area contributed by atoms with Gasteiger partial charge in [-0.15, -0.1) is 0 Å². The van der Waals surface area contributed by atoms with Crippen molar-refractivity contribution in [2.75, 3.05) is 0 Å². The molecule has 0 aliphatic heterocycles. The van der Waals surface area contributed by atoms with Gasteiger partial charge in [-0.2, -0.15) is 0 Å². The Morgan fingerprint density at radius 3 is 2.94 bits per heavy atom. The fourth-order valence-corrected chi connectivity index (χ4v) is 2.30. The number of hydrogen-bond acceptors (Lipinski definition) is 3. The Morgan fingerprint density at radius 1 is 1.47 bits per heavy atom. The molecule has 2 atom stereocenters. The van der Waals surface area contributed by atoms with Gasteiger partial charge in [-0.05, 0) is 31.4 Å². The Bertz CT molecular complexity index is 405. The zero-order chi connectivity index (χ0) is 12.3. The van der Waals surface area contributed by atoms with Crippen LogP contribution < -0.4 is 11.1 Å². The van der Waals surface area contributed by atoms with Crippen molar-refractivity contribution in [2.24, 2.45) is 5.73 Å². The number of nitrogens with two attached hydrogens (primary N) is 1. The summed E-state index contributed by atoms with van der Waals surface area (Å²) in [4.78, 5) is 16.2. The summed E-state index contributed by atoms with van der Waals surface area (Å²) in [5.41, 5.74) is 7.41. The van der Waals surface area contributed by atoms with Gasteiger partial charge in [0, 0.05) is 18.3 Å². The minimum absolute atomic E-state index is 0.0803. The number of pyridine rings is 1. The maximum atomic E-state index is 12.1. The highest BCUT2D eigenvalue weighted by molar-refractivity contribution is 5.93. The quantitative estimate of drug-likeness (QED) is 0.811. The Hall–Kier alpha value is -1.42. The Morgan fingerprint density at radius 2 is 2.24 bits per heavy atom. The second kappa shape index (κ2) is 5.27. The summed E-state index contributed by atoms with van der Waals surface area (Å²) in [5.74, 6) is -0.106. The second-order valence-corrected chi connectivity index (χ2v) is 4.70. The molecule has 1 fully saturated rings. The SMILES string of the molecule is Cc1cccnc1C(=O)N[C@@H]1CCCC[C@H]1N. The number of nitrogens with zero attached hydrogens (tertiary/aromatic N) is 1. The third-order valence-corrected chi connectivity index (χ3v) is 3.36. The van der Waals surface area contributed by atoms with Crippen molar-refractivity contribution in [3.63, 3.8) is 0 Å². The molecule has 1 aliphatic rings. The van der Waals surface area contributed by atoms with Crippen molar-refractivity contribution in [3.05, 3.63) is 29.6 Å². The molecule has 1 heterocycles. The number of carbonyl (C=O) groups excluding carboxylic acids is 1.